The summed E-state index contributed by atoms with van der Waals surface area (Å²) in [6.45, 7) is 2.02. The zero-order chi connectivity index (χ0) is 14.8. The van der Waals surface area contributed by atoms with E-state index in [1.54, 1.807) is 25.1 Å². The molecule has 0 radical (unpaired) electrons. The Bertz CT molecular complexity index is 735. The molecular formula is C16H15ClN2O2. The summed E-state index contributed by atoms with van der Waals surface area (Å²) < 4.78 is 7.72. The average molecular weight is 303 g/mol. The van der Waals surface area contributed by atoms with Crippen LogP contribution in [-0.2, 0) is 6.61 Å². The lowest BCUT2D eigenvalue weighted by molar-refractivity contribution is 0.190. The standard InChI is InChI=1S/C16H15ClN2O2/c1-11(20)14-8-12(17)5-6-15(14)21-10-13-9-19-7-3-2-4-16(19)18-13/h2-9,11,20H,10H2,1H3. The van der Waals surface area contributed by atoms with E-state index in [9.17, 15) is 5.11 Å². The molecule has 1 atom stereocenters. The monoisotopic (exact) mass is 302 g/mol. The molecule has 2 heterocycles. The van der Waals surface area contributed by atoms with Crippen LogP contribution in [0, 0.1) is 0 Å². The number of imidazole rings is 1. The molecule has 2 aromatic heterocycles. The zero-order valence-electron chi connectivity index (χ0n) is 11.5. The van der Waals surface area contributed by atoms with Crippen molar-refractivity contribution in [1.82, 2.24) is 9.38 Å². The van der Waals surface area contributed by atoms with Gasteiger partial charge in [-0.05, 0) is 37.3 Å². The van der Waals surface area contributed by atoms with Crippen molar-refractivity contribution in [3.8, 4) is 5.75 Å². The summed E-state index contributed by atoms with van der Waals surface area (Å²) in [7, 11) is 0. The number of hydrogen-bond donors (Lipinski definition) is 1. The summed E-state index contributed by atoms with van der Waals surface area (Å²) >= 11 is 5.95. The fraction of sp³-hybridized carbons (Fsp3) is 0.188. The van der Waals surface area contributed by atoms with Crippen LogP contribution < -0.4 is 4.74 Å². The number of benzene rings is 1. The number of aromatic nitrogens is 2. The van der Waals surface area contributed by atoms with E-state index >= 15 is 0 Å². The minimum Gasteiger partial charge on any atom is -0.487 e. The van der Waals surface area contributed by atoms with Gasteiger partial charge < -0.3 is 14.2 Å². The fourth-order valence-corrected chi connectivity index (χ4v) is 2.37. The molecule has 0 aliphatic heterocycles. The number of nitrogens with zero attached hydrogens (tertiary/aromatic N) is 2. The number of hydrogen-bond acceptors (Lipinski definition) is 3. The van der Waals surface area contributed by atoms with Gasteiger partial charge in [0.2, 0.25) is 0 Å². The summed E-state index contributed by atoms with van der Waals surface area (Å²) in [4.78, 5) is 4.47. The first-order valence-electron chi connectivity index (χ1n) is 6.66. The van der Waals surface area contributed by atoms with Crippen molar-refractivity contribution in [2.75, 3.05) is 0 Å². The Morgan fingerprint density at radius 3 is 2.95 bits per heavy atom. The van der Waals surface area contributed by atoms with Crippen molar-refractivity contribution < 1.29 is 9.84 Å². The summed E-state index contributed by atoms with van der Waals surface area (Å²) in [5.74, 6) is 0.617. The van der Waals surface area contributed by atoms with Crippen LogP contribution in [0.5, 0.6) is 5.75 Å². The second-order valence-electron chi connectivity index (χ2n) is 4.85. The highest BCUT2D eigenvalue weighted by atomic mass is 35.5. The van der Waals surface area contributed by atoms with Crippen LogP contribution in [-0.4, -0.2) is 14.5 Å². The van der Waals surface area contributed by atoms with Gasteiger partial charge in [-0.15, -0.1) is 0 Å². The normalized spacial score (nSPS) is 12.5. The second-order valence-corrected chi connectivity index (χ2v) is 5.28. The number of aliphatic hydroxyl groups is 1. The van der Waals surface area contributed by atoms with E-state index in [4.69, 9.17) is 16.3 Å². The summed E-state index contributed by atoms with van der Waals surface area (Å²) in [5.41, 5.74) is 2.38. The molecule has 0 spiro atoms. The molecule has 1 aromatic carbocycles. The van der Waals surface area contributed by atoms with Crippen molar-refractivity contribution in [3.05, 3.63) is 65.1 Å². The quantitative estimate of drug-likeness (QED) is 0.800. The molecule has 0 fully saturated rings. The molecule has 1 unspecified atom stereocenters. The SMILES string of the molecule is CC(O)c1cc(Cl)ccc1OCc1cn2ccccc2n1. The number of pyridine rings is 1. The van der Waals surface area contributed by atoms with E-state index in [1.807, 2.05) is 35.0 Å². The van der Waals surface area contributed by atoms with Crippen LogP contribution in [0.25, 0.3) is 5.65 Å². The number of rotatable bonds is 4. The number of halogens is 1. The molecule has 0 saturated carbocycles. The number of fused-ring (bicyclic) bond motifs is 1. The molecule has 3 aromatic rings. The van der Waals surface area contributed by atoms with Gasteiger partial charge in [0, 0.05) is 23.0 Å². The van der Waals surface area contributed by atoms with Crippen LogP contribution in [0.15, 0.2) is 48.8 Å². The van der Waals surface area contributed by atoms with Gasteiger partial charge in [0.25, 0.3) is 0 Å². The molecule has 0 bridgehead atoms. The van der Waals surface area contributed by atoms with Crippen LogP contribution in [0.3, 0.4) is 0 Å². The first kappa shape index (κ1) is 13.9. The van der Waals surface area contributed by atoms with E-state index in [2.05, 4.69) is 4.98 Å². The van der Waals surface area contributed by atoms with Crippen LogP contribution in [0.1, 0.15) is 24.3 Å². The molecule has 0 amide bonds. The Labute approximate surface area is 127 Å². The molecule has 4 nitrogen and oxygen atoms in total. The van der Waals surface area contributed by atoms with E-state index in [-0.39, 0.29) is 0 Å². The van der Waals surface area contributed by atoms with Gasteiger partial charge in [0.05, 0.1) is 11.8 Å². The predicted molar refractivity (Wildman–Crippen MR) is 81.6 cm³/mol. The molecule has 1 N–H and O–H groups in total. The van der Waals surface area contributed by atoms with Gasteiger partial charge in [-0.3, -0.25) is 0 Å². The van der Waals surface area contributed by atoms with E-state index < -0.39 is 6.10 Å². The Balaban J connectivity index is 1.81. The molecule has 0 aliphatic carbocycles. The van der Waals surface area contributed by atoms with Crippen molar-refractivity contribution in [2.24, 2.45) is 0 Å². The lowest BCUT2D eigenvalue weighted by Crippen LogP contribution is -2.01. The van der Waals surface area contributed by atoms with Crippen molar-refractivity contribution in [1.29, 1.82) is 0 Å². The van der Waals surface area contributed by atoms with Gasteiger partial charge in [-0.1, -0.05) is 17.7 Å². The maximum absolute atomic E-state index is 9.78. The average Bonchev–Trinajstić information content (AvgIpc) is 2.88. The van der Waals surface area contributed by atoms with Crippen molar-refractivity contribution in [3.63, 3.8) is 0 Å². The molecule has 3 rings (SSSR count). The van der Waals surface area contributed by atoms with Crippen LogP contribution >= 0.6 is 11.6 Å². The number of ether oxygens (including phenoxy) is 1. The van der Waals surface area contributed by atoms with Gasteiger partial charge in [0.15, 0.2) is 0 Å². The van der Waals surface area contributed by atoms with Gasteiger partial charge in [0.1, 0.15) is 18.0 Å². The highest BCUT2D eigenvalue weighted by molar-refractivity contribution is 6.30. The summed E-state index contributed by atoms with van der Waals surface area (Å²) in [5, 5.41) is 10.4. The van der Waals surface area contributed by atoms with Gasteiger partial charge in [-0.2, -0.15) is 0 Å². The molecule has 108 valence electrons. The third-order valence-electron chi connectivity index (χ3n) is 3.21. The highest BCUT2D eigenvalue weighted by Gasteiger charge is 2.11. The van der Waals surface area contributed by atoms with E-state index in [1.165, 1.54) is 0 Å². The lowest BCUT2D eigenvalue weighted by atomic mass is 10.1. The second kappa shape index (κ2) is 5.76. The first-order valence-corrected chi connectivity index (χ1v) is 7.04. The summed E-state index contributed by atoms with van der Waals surface area (Å²) in [6.07, 6.45) is 3.22. The van der Waals surface area contributed by atoms with Crippen molar-refractivity contribution in [2.45, 2.75) is 19.6 Å². The smallest absolute Gasteiger partial charge is 0.137 e. The third kappa shape index (κ3) is 3.01. The largest absolute Gasteiger partial charge is 0.487 e. The molecule has 0 saturated heterocycles. The number of aliphatic hydroxyl groups excluding tert-OH is 1. The predicted octanol–water partition coefficient (Wildman–Crippen LogP) is 3.62. The third-order valence-corrected chi connectivity index (χ3v) is 3.45. The van der Waals surface area contributed by atoms with Gasteiger partial charge >= 0.3 is 0 Å². The van der Waals surface area contributed by atoms with Crippen molar-refractivity contribution >= 4 is 17.2 Å². The maximum Gasteiger partial charge on any atom is 0.137 e. The Morgan fingerprint density at radius 2 is 2.19 bits per heavy atom. The van der Waals surface area contributed by atoms with Gasteiger partial charge in [-0.25, -0.2) is 4.98 Å². The Kier molecular flexibility index (Phi) is 3.82. The van der Waals surface area contributed by atoms with Crippen LogP contribution in [0.4, 0.5) is 0 Å². The molecule has 5 heteroatoms. The van der Waals surface area contributed by atoms with E-state index in [0.29, 0.717) is 22.9 Å². The molecule has 0 aliphatic rings. The summed E-state index contributed by atoms with van der Waals surface area (Å²) in [6, 6.07) is 11.0. The first-order chi connectivity index (χ1) is 10.1. The lowest BCUT2D eigenvalue weighted by Gasteiger charge is -2.13. The fourth-order valence-electron chi connectivity index (χ4n) is 2.19. The minimum absolute atomic E-state index is 0.336. The minimum atomic E-state index is -0.639. The zero-order valence-corrected chi connectivity index (χ0v) is 12.3. The Morgan fingerprint density at radius 1 is 1.33 bits per heavy atom. The Hall–Kier alpha value is -2.04. The van der Waals surface area contributed by atoms with E-state index in [0.717, 1.165) is 11.3 Å². The molecule has 21 heavy (non-hydrogen) atoms. The molecular weight excluding hydrogens is 288 g/mol. The maximum atomic E-state index is 9.78. The highest BCUT2D eigenvalue weighted by Crippen LogP contribution is 2.28. The van der Waals surface area contributed by atoms with Crippen LogP contribution in [0.2, 0.25) is 5.02 Å². The topological polar surface area (TPSA) is 46.8 Å².